The Morgan fingerprint density at radius 2 is 1.69 bits per heavy atom. The van der Waals surface area contributed by atoms with Crippen molar-refractivity contribution in [2.45, 2.75) is 21.2 Å². The minimum atomic E-state index is 0.416. The lowest BCUT2D eigenvalue weighted by Crippen LogP contribution is -1.88. The van der Waals surface area contributed by atoms with Gasteiger partial charge in [0, 0.05) is 14.7 Å². The summed E-state index contributed by atoms with van der Waals surface area (Å²) < 4.78 is 0. The Hall–Kier alpha value is -0.350. The fourth-order valence-electron chi connectivity index (χ4n) is 1.35. The van der Waals surface area contributed by atoms with E-state index in [1.807, 2.05) is 0 Å². The summed E-state index contributed by atoms with van der Waals surface area (Å²) in [6, 6.07) is 4.19. The fraction of sp³-hybridized carbons (Fsp3) is 0.364. The molecule has 2 nitrogen and oxygen atoms in total. The zero-order chi connectivity index (χ0) is 12.0. The monoisotopic (exact) mass is 271 g/mol. The van der Waals surface area contributed by atoms with E-state index in [1.165, 1.54) is 14.7 Å². The van der Waals surface area contributed by atoms with Gasteiger partial charge in [-0.1, -0.05) is 0 Å². The van der Waals surface area contributed by atoms with Gasteiger partial charge in [-0.3, -0.25) is 0 Å². The highest BCUT2D eigenvalue weighted by Gasteiger charge is 2.08. The van der Waals surface area contributed by atoms with E-state index in [4.69, 9.17) is 0 Å². The van der Waals surface area contributed by atoms with Crippen molar-refractivity contribution in [3.63, 3.8) is 0 Å². The van der Waals surface area contributed by atoms with Gasteiger partial charge >= 0.3 is 0 Å². The number of hydrogen-bond donors (Lipinski definition) is 0. The predicted molar refractivity (Wildman–Crippen MR) is 73.6 cm³/mol. The highest BCUT2D eigenvalue weighted by molar-refractivity contribution is 8.03. The lowest BCUT2D eigenvalue weighted by Gasteiger charge is -2.11. The molecule has 0 aliphatic heterocycles. The molecule has 5 heteroatoms. The van der Waals surface area contributed by atoms with Crippen molar-refractivity contribution >= 4 is 41.4 Å². The molecule has 0 aromatic heterocycles. The van der Waals surface area contributed by atoms with Gasteiger partial charge in [-0.2, -0.15) is 0 Å². The summed E-state index contributed by atoms with van der Waals surface area (Å²) in [6.45, 7) is 0.416. The topological polar surface area (TPSA) is 29.4 Å². The lowest BCUT2D eigenvalue weighted by atomic mass is 10.2. The van der Waals surface area contributed by atoms with Gasteiger partial charge in [-0.25, -0.2) is 9.79 Å². The zero-order valence-corrected chi connectivity index (χ0v) is 11.9. The molecule has 0 heterocycles. The average Bonchev–Trinajstić information content (AvgIpc) is 2.34. The van der Waals surface area contributed by atoms with E-state index in [0.29, 0.717) is 6.54 Å². The quantitative estimate of drug-likeness (QED) is 0.464. The normalized spacial score (nSPS) is 9.94. The Balaban J connectivity index is 3.19. The maximum atomic E-state index is 10.1. The highest BCUT2D eigenvalue weighted by atomic mass is 32.2. The Bertz CT molecular complexity index is 389. The van der Waals surface area contributed by atoms with E-state index in [1.54, 1.807) is 41.4 Å². The molecule has 1 aromatic rings. The predicted octanol–water partition coefficient (Wildman–Crippen LogP) is 3.69. The first-order chi connectivity index (χ1) is 7.76. The van der Waals surface area contributed by atoms with Gasteiger partial charge in [0.05, 0.1) is 6.54 Å². The van der Waals surface area contributed by atoms with Crippen molar-refractivity contribution in [3.05, 3.63) is 17.7 Å². The number of hydrogen-bond acceptors (Lipinski definition) is 5. The van der Waals surface area contributed by atoms with Crippen LogP contribution in [0.15, 0.2) is 31.8 Å². The van der Waals surface area contributed by atoms with Crippen molar-refractivity contribution in [1.29, 1.82) is 0 Å². The van der Waals surface area contributed by atoms with Gasteiger partial charge in [0.15, 0.2) is 0 Å². The first kappa shape index (κ1) is 13.7. The Morgan fingerprint density at radius 1 is 1.12 bits per heavy atom. The third-order valence-electron chi connectivity index (χ3n) is 2.05. The molecule has 0 saturated heterocycles. The molecule has 0 bridgehead atoms. The average molecular weight is 271 g/mol. The molecule has 0 atom stereocenters. The number of benzene rings is 1. The number of rotatable bonds is 5. The molecular formula is C11H13NOS3. The van der Waals surface area contributed by atoms with E-state index in [-0.39, 0.29) is 0 Å². The van der Waals surface area contributed by atoms with E-state index < -0.39 is 0 Å². The van der Waals surface area contributed by atoms with E-state index in [0.717, 1.165) is 5.56 Å². The number of isocyanates is 1. The van der Waals surface area contributed by atoms with Gasteiger partial charge in [0.25, 0.3) is 0 Å². The summed E-state index contributed by atoms with van der Waals surface area (Å²) in [6.07, 6.45) is 7.78. The van der Waals surface area contributed by atoms with Gasteiger partial charge < -0.3 is 0 Å². The number of nitrogens with zero attached hydrogens (tertiary/aromatic N) is 1. The summed E-state index contributed by atoms with van der Waals surface area (Å²) >= 11 is 5.20. The Labute approximate surface area is 109 Å². The van der Waals surface area contributed by atoms with Gasteiger partial charge in [0.2, 0.25) is 6.08 Å². The highest BCUT2D eigenvalue weighted by Crippen LogP contribution is 2.37. The van der Waals surface area contributed by atoms with Gasteiger partial charge in [0.1, 0.15) is 0 Å². The molecular weight excluding hydrogens is 258 g/mol. The number of carbonyl (C=O) groups excluding carboxylic acids is 1. The largest absolute Gasteiger partial charge is 0.235 e. The molecule has 0 unspecified atom stereocenters. The molecule has 1 aromatic carbocycles. The van der Waals surface area contributed by atoms with Crippen molar-refractivity contribution in [2.24, 2.45) is 4.99 Å². The standard InChI is InChI=1S/C11H13NOS3/c1-14-9-4-8(6-12-7-13)5-10(15-2)11(9)16-3/h4-5H,6H2,1-3H3. The van der Waals surface area contributed by atoms with E-state index in [9.17, 15) is 4.79 Å². The van der Waals surface area contributed by atoms with Crippen LogP contribution in [-0.2, 0) is 11.3 Å². The van der Waals surface area contributed by atoms with Crippen molar-refractivity contribution in [3.8, 4) is 0 Å². The van der Waals surface area contributed by atoms with Crippen LogP contribution in [0.3, 0.4) is 0 Å². The molecule has 0 fully saturated rings. The molecule has 0 amide bonds. The summed E-state index contributed by atoms with van der Waals surface area (Å²) in [7, 11) is 0. The van der Waals surface area contributed by atoms with Crippen molar-refractivity contribution in [2.75, 3.05) is 18.8 Å². The van der Waals surface area contributed by atoms with Crippen LogP contribution in [0.4, 0.5) is 0 Å². The third-order valence-corrected chi connectivity index (χ3v) is 4.68. The minimum absolute atomic E-state index is 0.416. The molecule has 0 spiro atoms. The smallest absolute Gasteiger partial charge is 0.211 e. The van der Waals surface area contributed by atoms with Crippen LogP contribution < -0.4 is 0 Å². The molecule has 1 rings (SSSR count). The number of thioether (sulfide) groups is 3. The zero-order valence-electron chi connectivity index (χ0n) is 9.44. The Morgan fingerprint density at radius 3 is 2.06 bits per heavy atom. The summed E-state index contributed by atoms with van der Waals surface area (Å²) in [5.74, 6) is 0. The van der Waals surface area contributed by atoms with Crippen molar-refractivity contribution < 1.29 is 4.79 Å². The maximum Gasteiger partial charge on any atom is 0.235 e. The second kappa shape index (κ2) is 7.07. The van der Waals surface area contributed by atoms with Gasteiger partial charge in [-0.15, -0.1) is 35.3 Å². The van der Waals surface area contributed by atoms with Crippen LogP contribution in [-0.4, -0.2) is 24.8 Å². The fourth-order valence-corrected chi connectivity index (χ4v) is 4.06. The lowest BCUT2D eigenvalue weighted by molar-refractivity contribution is 0.562. The Kier molecular flexibility index (Phi) is 6.06. The SMILES string of the molecule is CSc1cc(CN=C=O)cc(SC)c1SC. The molecule has 0 aliphatic carbocycles. The molecule has 0 saturated carbocycles. The van der Waals surface area contributed by atoms with Crippen LogP contribution in [0, 0.1) is 0 Å². The first-order valence-corrected chi connectivity index (χ1v) is 8.26. The summed E-state index contributed by atoms with van der Waals surface area (Å²) in [5.41, 5.74) is 1.06. The van der Waals surface area contributed by atoms with Crippen LogP contribution in [0.5, 0.6) is 0 Å². The number of aliphatic imine (C=N–C) groups is 1. The van der Waals surface area contributed by atoms with Crippen LogP contribution >= 0.6 is 35.3 Å². The van der Waals surface area contributed by atoms with E-state index >= 15 is 0 Å². The maximum absolute atomic E-state index is 10.1. The van der Waals surface area contributed by atoms with Crippen molar-refractivity contribution in [1.82, 2.24) is 0 Å². The summed E-state index contributed by atoms with van der Waals surface area (Å²) in [5, 5.41) is 0. The molecule has 0 aliphatic rings. The second-order valence-electron chi connectivity index (χ2n) is 2.94. The molecule has 86 valence electrons. The van der Waals surface area contributed by atoms with E-state index in [2.05, 4.69) is 35.9 Å². The van der Waals surface area contributed by atoms with Crippen LogP contribution in [0.1, 0.15) is 5.56 Å². The second-order valence-corrected chi connectivity index (χ2v) is 5.45. The van der Waals surface area contributed by atoms with Crippen LogP contribution in [0.2, 0.25) is 0 Å². The molecule has 0 radical (unpaired) electrons. The molecule has 0 N–H and O–H groups in total. The first-order valence-electron chi connectivity index (χ1n) is 4.59. The molecule has 16 heavy (non-hydrogen) atoms. The van der Waals surface area contributed by atoms with Crippen LogP contribution in [0.25, 0.3) is 0 Å². The van der Waals surface area contributed by atoms with Gasteiger partial charge in [-0.05, 0) is 36.5 Å². The third kappa shape index (κ3) is 3.32. The minimum Gasteiger partial charge on any atom is -0.211 e. The summed E-state index contributed by atoms with van der Waals surface area (Å²) in [4.78, 5) is 17.5.